The number of nitro benzene ring substituents is 1. The average molecular weight is 267 g/mol. The van der Waals surface area contributed by atoms with Crippen LogP contribution < -0.4 is 5.32 Å². The zero-order valence-electron chi connectivity index (χ0n) is 11.1. The van der Waals surface area contributed by atoms with Crippen molar-refractivity contribution in [2.24, 2.45) is 0 Å². The second-order valence-electron chi connectivity index (χ2n) is 5.14. The highest BCUT2D eigenvalue weighted by Gasteiger charge is 2.24. The number of nitrogens with one attached hydrogen (secondary N) is 1. The molecular formula is C13H18FN3O2. The predicted molar refractivity (Wildman–Crippen MR) is 71.8 cm³/mol. The molecule has 1 aromatic carbocycles. The van der Waals surface area contributed by atoms with Gasteiger partial charge in [-0.2, -0.15) is 4.39 Å². The molecule has 1 aromatic rings. The van der Waals surface area contributed by atoms with E-state index in [1.54, 1.807) is 6.07 Å². The standard InChI is InChI=1S/C13H18FN3O2/c1-9(2)16-6-5-11(8-16)15-10-3-4-12(14)13(7-10)17(18)19/h3-4,7,9,11,15H,5-6,8H2,1-2H3. The Morgan fingerprint density at radius 3 is 2.84 bits per heavy atom. The number of halogens is 1. The molecule has 6 heteroatoms. The van der Waals surface area contributed by atoms with Crippen molar-refractivity contribution in [2.75, 3.05) is 18.4 Å². The van der Waals surface area contributed by atoms with Gasteiger partial charge in [-0.3, -0.25) is 15.0 Å². The first kappa shape index (κ1) is 13.7. The summed E-state index contributed by atoms with van der Waals surface area (Å²) < 4.78 is 13.2. The van der Waals surface area contributed by atoms with E-state index in [-0.39, 0.29) is 6.04 Å². The van der Waals surface area contributed by atoms with E-state index in [1.165, 1.54) is 6.07 Å². The number of hydrogen-bond acceptors (Lipinski definition) is 4. The van der Waals surface area contributed by atoms with Gasteiger partial charge in [-0.25, -0.2) is 0 Å². The van der Waals surface area contributed by atoms with Crippen LogP contribution in [0.3, 0.4) is 0 Å². The third-order valence-corrected chi connectivity index (χ3v) is 3.46. The number of anilines is 1. The second kappa shape index (κ2) is 5.52. The van der Waals surface area contributed by atoms with Crippen LogP contribution in [-0.4, -0.2) is 35.0 Å². The summed E-state index contributed by atoms with van der Waals surface area (Å²) in [5.74, 6) is -0.800. The van der Waals surface area contributed by atoms with Crippen LogP contribution in [0.5, 0.6) is 0 Å². The summed E-state index contributed by atoms with van der Waals surface area (Å²) in [5, 5.41) is 13.9. The van der Waals surface area contributed by atoms with Gasteiger partial charge in [0.25, 0.3) is 0 Å². The zero-order valence-corrected chi connectivity index (χ0v) is 11.1. The first-order valence-electron chi connectivity index (χ1n) is 6.42. The van der Waals surface area contributed by atoms with E-state index in [9.17, 15) is 14.5 Å². The Hall–Kier alpha value is -1.69. The van der Waals surface area contributed by atoms with Gasteiger partial charge in [-0.15, -0.1) is 0 Å². The first-order chi connectivity index (χ1) is 8.97. The highest BCUT2D eigenvalue weighted by atomic mass is 19.1. The normalized spacial score (nSPS) is 19.9. The largest absolute Gasteiger partial charge is 0.381 e. The minimum Gasteiger partial charge on any atom is -0.381 e. The van der Waals surface area contributed by atoms with E-state index < -0.39 is 16.4 Å². The molecule has 1 aliphatic rings. The highest BCUT2D eigenvalue weighted by molar-refractivity contribution is 5.52. The molecule has 1 saturated heterocycles. The second-order valence-corrected chi connectivity index (χ2v) is 5.14. The summed E-state index contributed by atoms with van der Waals surface area (Å²) in [5.41, 5.74) is 0.118. The Morgan fingerprint density at radius 2 is 2.26 bits per heavy atom. The summed E-state index contributed by atoms with van der Waals surface area (Å²) in [7, 11) is 0. The van der Waals surface area contributed by atoms with Crippen molar-refractivity contribution in [1.82, 2.24) is 4.90 Å². The van der Waals surface area contributed by atoms with Gasteiger partial charge in [-0.05, 0) is 32.4 Å². The topological polar surface area (TPSA) is 58.4 Å². The fraction of sp³-hybridized carbons (Fsp3) is 0.538. The Kier molecular flexibility index (Phi) is 3.99. The lowest BCUT2D eigenvalue weighted by atomic mass is 10.2. The summed E-state index contributed by atoms with van der Waals surface area (Å²) in [6, 6.07) is 4.69. The molecule has 2 rings (SSSR count). The molecule has 1 fully saturated rings. The van der Waals surface area contributed by atoms with Gasteiger partial charge in [-0.1, -0.05) is 0 Å². The average Bonchev–Trinajstić information content (AvgIpc) is 2.80. The maximum atomic E-state index is 13.2. The van der Waals surface area contributed by atoms with Gasteiger partial charge in [0.15, 0.2) is 0 Å². The van der Waals surface area contributed by atoms with E-state index in [0.29, 0.717) is 11.7 Å². The minimum absolute atomic E-state index is 0.257. The molecule has 0 aromatic heterocycles. The van der Waals surface area contributed by atoms with Crippen LogP contribution >= 0.6 is 0 Å². The Morgan fingerprint density at radius 1 is 1.53 bits per heavy atom. The molecule has 0 bridgehead atoms. The van der Waals surface area contributed by atoms with Crippen molar-refractivity contribution >= 4 is 11.4 Å². The van der Waals surface area contributed by atoms with Crippen LogP contribution in [0.2, 0.25) is 0 Å². The van der Waals surface area contributed by atoms with E-state index >= 15 is 0 Å². The number of likely N-dealkylation sites (tertiary alicyclic amines) is 1. The smallest absolute Gasteiger partial charge is 0.306 e. The van der Waals surface area contributed by atoms with Crippen molar-refractivity contribution in [1.29, 1.82) is 0 Å². The van der Waals surface area contributed by atoms with Crippen molar-refractivity contribution in [2.45, 2.75) is 32.4 Å². The first-order valence-corrected chi connectivity index (χ1v) is 6.42. The predicted octanol–water partition coefficient (Wildman–Crippen LogP) is 2.63. The molecule has 19 heavy (non-hydrogen) atoms. The maximum absolute atomic E-state index is 13.2. The molecule has 0 amide bonds. The molecule has 0 radical (unpaired) electrons. The quantitative estimate of drug-likeness (QED) is 0.673. The number of rotatable bonds is 4. The van der Waals surface area contributed by atoms with Crippen LogP contribution in [0.4, 0.5) is 15.8 Å². The molecule has 5 nitrogen and oxygen atoms in total. The van der Waals surface area contributed by atoms with Gasteiger partial charge in [0.2, 0.25) is 5.82 Å². The Bertz CT molecular complexity index is 479. The molecule has 1 unspecified atom stereocenters. The fourth-order valence-electron chi connectivity index (χ4n) is 2.35. The molecule has 1 N–H and O–H groups in total. The van der Waals surface area contributed by atoms with Crippen molar-refractivity contribution in [3.8, 4) is 0 Å². The highest BCUT2D eigenvalue weighted by Crippen LogP contribution is 2.24. The lowest BCUT2D eigenvalue weighted by Gasteiger charge is -2.20. The number of benzene rings is 1. The van der Waals surface area contributed by atoms with Gasteiger partial charge in [0.1, 0.15) is 0 Å². The minimum atomic E-state index is -0.800. The van der Waals surface area contributed by atoms with Crippen molar-refractivity contribution < 1.29 is 9.31 Å². The molecule has 104 valence electrons. The molecule has 0 spiro atoms. The van der Waals surface area contributed by atoms with E-state index in [4.69, 9.17) is 0 Å². The van der Waals surface area contributed by atoms with Gasteiger partial charge >= 0.3 is 5.69 Å². The number of nitro groups is 1. The SMILES string of the molecule is CC(C)N1CCC(Nc2ccc(F)c([N+](=O)[O-])c2)C1. The number of hydrogen-bond donors (Lipinski definition) is 1. The Balaban J connectivity index is 2.04. The third kappa shape index (κ3) is 3.20. The monoisotopic (exact) mass is 267 g/mol. The van der Waals surface area contributed by atoms with Gasteiger partial charge in [0, 0.05) is 36.9 Å². The Labute approximate surface area is 111 Å². The molecule has 0 saturated carbocycles. The molecular weight excluding hydrogens is 249 g/mol. The summed E-state index contributed by atoms with van der Waals surface area (Å²) in [4.78, 5) is 12.3. The lowest BCUT2D eigenvalue weighted by molar-refractivity contribution is -0.387. The molecule has 1 atom stereocenters. The number of nitrogens with zero attached hydrogens (tertiary/aromatic N) is 2. The molecule has 0 aliphatic carbocycles. The molecule has 1 heterocycles. The molecule has 1 aliphatic heterocycles. The fourth-order valence-corrected chi connectivity index (χ4v) is 2.35. The van der Waals surface area contributed by atoms with E-state index in [2.05, 4.69) is 24.1 Å². The third-order valence-electron chi connectivity index (χ3n) is 3.46. The zero-order chi connectivity index (χ0) is 14.0. The van der Waals surface area contributed by atoms with Gasteiger partial charge < -0.3 is 5.32 Å². The van der Waals surface area contributed by atoms with Crippen LogP contribution in [0.25, 0.3) is 0 Å². The van der Waals surface area contributed by atoms with Crippen molar-refractivity contribution in [3.63, 3.8) is 0 Å². The van der Waals surface area contributed by atoms with Crippen LogP contribution in [0.1, 0.15) is 20.3 Å². The summed E-state index contributed by atoms with van der Waals surface area (Å²) >= 11 is 0. The van der Waals surface area contributed by atoms with Crippen molar-refractivity contribution in [3.05, 3.63) is 34.1 Å². The van der Waals surface area contributed by atoms with Crippen LogP contribution in [0, 0.1) is 15.9 Å². The van der Waals surface area contributed by atoms with E-state index in [0.717, 1.165) is 25.6 Å². The van der Waals surface area contributed by atoms with Crippen LogP contribution in [0.15, 0.2) is 18.2 Å². The summed E-state index contributed by atoms with van der Waals surface area (Å²) in [6.45, 7) is 6.21. The lowest BCUT2D eigenvalue weighted by Crippen LogP contribution is -2.31. The van der Waals surface area contributed by atoms with Crippen LogP contribution in [-0.2, 0) is 0 Å². The van der Waals surface area contributed by atoms with E-state index in [1.807, 2.05) is 0 Å². The van der Waals surface area contributed by atoms with Gasteiger partial charge in [0.05, 0.1) is 4.92 Å². The maximum Gasteiger partial charge on any atom is 0.306 e. The summed E-state index contributed by atoms with van der Waals surface area (Å²) in [6.07, 6.45) is 0.989.